The molecule has 2 rings (SSSR count). The number of anilines is 1. The number of nitro groups is 1. The van der Waals surface area contributed by atoms with E-state index in [4.69, 9.17) is 0 Å². The molecule has 0 aliphatic rings. The van der Waals surface area contributed by atoms with Crippen LogP contribution in [0.4, 0.5) is 17.1 Å². The summed E-state index contributed by atoms with van der Waals surface area (Å²) in [5, 5.41) is 13.5. The first kappa shape index (κ1) is 16.6. The highest BCUT2D eigenvalue weighted by Gasteiger charge is 2.14. The predicted octanol–water partition coefficient (Wildman–Crippen LogP) is 3.34. The van der Waals surface area contributed by atoms with Crippen LogP contribution in [0, 0.1) is 10.1 Å². The van der Waals surface area contributed by atoms with E-state index in [0.29, 0.717) is 4.90 Å². The molecule has 0 spiro atoms. The zero-order valence-corrected chi connectivity index (χ0v) is 13.4. The van der Waals surface area contributed by atoms with Crippen LogP contribution in [0.1, 0.15) is 6.92 Å². The van der Waals surface area contributed by atoms with Crippen molar-refractivity contribution < 1.29 is 13.9 Å². The van der Waals surface area contributed by atoms with E-state index in [-0.39, 0.29) is 23.0 Å². The van der Waals surface area contributed by atoms with Gasteiger partial charge in [-0.3, -0.25) is 14.9 Å². The summed E-state index contributed by atoms with van der Waals surface area (Å²) in [5.41, 5.74) is 0.181. The van der Waals surface area contributed by atoms with Gasteiger partial charge in [-0.2, -0.15) is 4.36 Å². The summed E-state index contributed by atoms with van der Waals surface area (Å²) in [6.45, 7) is 1.31. The van der Waals surface area contributed by atoms with Crippen molar-refractivity contribution in [2.45, 2.75) is 11.8 Å². The maximum Gasteiger partial charge on any atom is 0.271 e. The fraction of sp³-hybridized carbons (Fsp3) is 0.133. The lowest BCUT2D eigenvalue weighted by molar-refractivity contribution is -0.384. The molecule has 0 saturated carbocycles. The van der Waals surface area contributed by atoms with Gasteiger partial charge in [-0.15, -0.1) is 0 Å². The molecule has 1 unspecified atom stereocenters. The van der Waals surface area contributed by atoms with Crippen molar-refractivity contribution in [2.24, 2.45) is 4.36 Å². The standard InChI is InChI=1S/C15H15N3O4S/c1-11(19)16-14-9-8-12(18(20)21)10-15(14)17-23(2,22)13-6-4-3-5-7-13/h3-10H,1-2H3,(H,16,19). The number of amides is 1. The molecule has 0 bridgehead atoms. The van der Waals surface area contributed by atoms with Gasteiger partial charge in [-0.1, -0.05) is 18.2 Å². The molecule has 0 aromatic heterocycles. The smallest absolute Gasteiger partial charge is 0.271 e. The number of hydrogen-bond acceptors (Lipinski definition) is 5. The van der Waals surface area contributed by atoms with Crippen LogP contribution < -0.4 is 5.32 Å². The molecule has 0 saturated heterocycles. The van der Waals surface area contributed by atoms with E-state index in [2.05, 4.69) is 9.68 Å². The highest BCUT2D eigenvalue weighted by molar-refractivity contribution is 7.93. The Balaban J connectivity index is 2.62. The molecule has 2 aromatic rings. The lowest BCUT2D eigenvalue weighted by Gasteiger charge is -2.09. The summed E-state index contributed by atoms with van der Waals surface area (Å²) in [6.07, 6.45) is 1.44. The molecule has 23 heavy (non-hydrogen) atoms. The molecule has 1 N–H and O–H groups in total. The van der Waals surface area contributed by atoms with Gasteiger partial charge in [0.1, 0.15) is 5.69 Å². The second kappa shape index (κ2) is 6.57. The van der Waals surface area contributed by atoms with Crippen LogP contribution in [0.15, 0.2) is 57.8 Å². The molecule has 0 fully saturated rings. The molecule has 7 nitrogen and oxygen atoms in total. The normalized spacial score (nSPS) is 13.0. The fourth-order valence-corrected chi connectivity index (χ4v) is 3.21. The Bertz CT molecular complexity index is 872. The zero-order valence-electron chi connectivity index (χ0n) is 12.6. The van der Waals surface area contributed by atoms with Crippen LogP contribution in [0.25, 0.3) is 0 Å². The van der Waals surface area contributed by atoms with Gasteiger partial charge in [0, 0.05) is 30.2 Å². The van der Waals surface area contributed by atoms with Gasteiger partial charge in [0.15, 0.2) is 0 Å². The first-order valence-corrected chi connectivity index (χ1v) is 8.55. The summed E-state index contributed by atoms with van der Waals surface area (Å²) in [6, 6.07) is 12.4. The second-order valence-electron chi connectivity index (χ2n) is 4.85. The van der Waals surface area contributed by atoms with Crippen LogP contribution in [0.5, 0.6) is 0 Å². The van der Waals surface area contributed by atoms with Crippen molar-refractivity contribution in [1.82, 2.24) is 0 Å². The van der Waals surface area contributed by atoms with E-state index in [9.17, 15) is 19.1 Å². The first-order chi connectivity index (χ1) is 10.8. The number of rotatable bonds is 4. The number of nitrogens with one attached hydrogen (secondary N) is 1. The van der Waals surface area contributed by atoms with Gasteiger partial charge >= 0.3 is 0 Å². The number of benzene rings is 2. The average Bonchev–Trinajstić information content (AvgIpc) is 2.49. The minimum atomic E-state index is -2.81. The third-order valence-electron chi connectivity index (χ3n) is 2.96. The highest BCUT2D eigenvalue weighted by atomic mass is 32.2. The summed E-state index contributed by atoms with van der Waals surface area (Å²) in [5.74, 6) is -0.349. The molecule has 120 valence electrons. The van der Waals surface area contributed by atoms with E-state index in [1.807, 2.05) is 0 Å². The van der Waals surface area contributed by atoms with E-state index >= 15 is 0 Å². The number of hydrogen-bond donors (Lipinski definition) is 1. The Labute approximate surface area is 133 Å². The molecule has 0 aliphatic carbocycles. The van der Waals surface area contributed by atoms with E-state index in [0.717, 1.165) is 0 Å². The van der Waals surface area contributed by atoms with E-state index in [1.54, 1.807) is 30.3 Å². The Kier molecular flexibility index (Phi) is 4.75. The van der Waals surface area contributed by atoms with Gasteiger partial charge in [0.2, 0.25) is 5.91 Å². The molecule has 8 heteroatoms. The first-order valence-electron chi connectivity index (χ1n) is 6.63. The maximum atomic E-state index is 12.8. The largest absolute Gasteiger partial charge is 0.324 e. The lowest BCUT2D eigenvalue weighted by atomic mass is 10.2. The summed E-state index contributed by atoms with van der Waals surface area (Å²) >= 11 is 0. The Morgan fingerprint density at radius 1 is 1.22 bits per heavy atom. The van der Waals surface area contributed by atoms with Crippen LogP contribution in [-0.2, 0) is 14.5 Å². The van der Waals surface area contributed by atoms with Crippen molar-refractivity contribution in [3.8, 4) is 0 Å². The van der Waals surface area contributed by atoms with Crippen molar-refractivity contribution in [3.63, 3.8) is 0 Å². The average molecular weight is 333 g/mol. The SMILES string of the molecule is CC(=O)Nc1ccc([N+](=O)[O-])cc1N=S(C)(=O)c1ccccc1. The number of nitrogens with zero attached hydrogens (tertiary/aromatic N) is 2. The van der Waals surface area contributed by atoms with Crippen molar-refractivity contribution >= 4 is 32.7 Å². The molecule has 2 aromatic carbocycles. The Morgan fingerprint density at radius 3 is 2.43 bits per heavy atom. The van der Waals surface area contributed by atoms with Gasteiger partial charge in [-0.05, 0) is 18.2 Å². The highest BCUT2D eigenvalue weighted by Crippen LogP contribution is 2.32. The molecular formula is C15H15N3O4S. The third-order valence-corrected chi connectivity index (χ3v) is 4.65. The van der Waals surface area contributed by atoms with Gasteiger partial charge in [0.25, 0.3) is 5.69 Å². The Morgan fingerprint density at radius 2 is 1.87 bits per heavy atom. The second-order valence-corrected chi connectivity index (χ2v) is 7.11. The van der Waals surface area contributed by atoms with Crippen LogP contribution in [0.3, 0.4) is 0 Å². The summed E-state index contributed by atoms with van der Waals surface area (Å²) in [7, 11) is -2.81. The monoisotopic (exact) mass is 333 g/mol. The maximum absolute atomic E-state index is 12.8. The molecule has 0 radical (unpaired) electrons. The zero-order chi connectivity index (χ0) is 17.0. The van der Waals surface area contributed by atoms with Gasteiger partial charge in [-0.25, -0.2) is 4.21 Å². The van der Waals surface area contributed by atoms with Gasteiger partial charge < -0.3 is 5.32 Å². The summed E-state index contributed by atoms with van der Waals surface area (Å²) in [4.78, 5) is 22.1. The number of carbonyl (C=O) groups is 1. The minimum Gasteiger partial charge on any atom is -0.324 e. The van der Waals surface area contributed by atoms with Gasteiger partial charge in [0.05, 0.1) is 20.3 Å². The fourth-order valence-electron chi connectivity index (χ4n) is 1.92. The van der Waals surface area contributed by atoms with Crippen LogP contribution >= 0.6 is 0 Å². The summed E-state index contributed by atoms with van der Waals surface area (Å²) < 4.78 is 17.0. The topological polar surface area (TPSA) is 102 Å². The van der Waals surface area contributed by atoms with Crippen molar-refractivity contribution in [2.75, 3.05) is 11.6 Å². The molecule has 1 atom stereocenters. The Hall–Kier alpha value is -2.74. The number of non-ortho nitro benzene ring substituents is 1. The number of nitro benzene ring substituents is 1. The molecule has 0 aliphatic heterocycles. The molecule has 1 amide bonds. The van der Waals surface area contributed by atoms with Crippen molar-refractivity contribution in [3.05, 3.63) is 58.6 Å². The van der Waals surface area contributed by atoms with Crippen molar-refractivity contribution in [1.29, 1.82) is 0 Å². The lowest BCUT2D eigenvalue weighted by Crippen LogP contribution is -2.06. The van der Waals surface area contributed by atoms with E-state index < -0.39 is 14.7 Å². The number of carbonyl (C=O) groups excluding carboxylic acids is 1. The van der Waals surface area contributed by atoms with Crippen LogP contribution in [0.2, 0.25) is 0 Å². The predicted molar refractivity (Wildman–Crippen MR) is 88.3 cm³/mol. The minimum absolute atomic E-state index is 0.103. The molecular weight excluding hydrogens is 318 g/mol. The third kappa shape index (κ3) is 4.13. The van der Waals surface area contributed by atoms with E-state index in [1.165, 1.54) is 31.4 Å². The van der Waals surface area contributed by atoms with Crippen LogP contribution in [-0.4, -0.2) is 21.3 Å². The molecule has 0 heterocycles. The quantitative estimate of drug-likeness (QED) is 0.684.